The number of ketones is 1. The number of halogens is 1. The van der Waals surface area contributed by atoms with E-state index in [4.69, 9.17) is 22.9 Å². The van der Waals surface area contributed by atoms with Gasteiger partial charge in [0, 0.05) is 17.0 Å². The molecule has 0 bridgehead atoms. The molecule has 0 radical (unpaired) electrons. The molecule has 1 aromatic carbocycles. The van der Waals surface area contributed by atoms with E-state index < -0.39 is 0 Å². The second-order valence-corrected chi connectivity index (χ2v) is 5.61. The van der Waals surface area contributed by atoms with E-state index in [2.05, 4.69) is 20.3 Å². The zero-order valence-corrected chi connectivity index (χ0v) is 12.8. The lowest BCUT2D eigenvalue weighted by Gasteiger charge is -2.07. The van der Waals surface area contributed by atoms with Crippen molar-refractivity contribution >= 4 is 23.2 Å². The van der Waals surface area contributed by atoms with E-state index in [9.17, 15) is 4.79 Å². The Hall–Kier alpha value is -2.67. The van der Waals surface area contributed by atoms with E-state index in [-0.39, 0.29) is 17.5 Å². The fourth-order valence-electron chi connectivity index (χ4n) is 2.20. The van der Waals surface area contributed by atoms with Gasteiger partial charge in [-0.2, -0.15) is 5.53 Å². The van der Waals surface area contributed by atoms with Crippen LogP contribution in [0.3, 0.4) is 0 Å². The second kappa shape index (κ2) is 6.21. The Kier molecular flexibility index (Phi) is 4.12. The summed E-state index contributed by atoms with van der Waals surface area (Å²) in [5, 5.41) is 6.72. The molecule has 1 fully saturated rings. The zero-order valence-electron chi connectivity index (χ0n) is 12.0. The van der Waals surface area contributed by atoms with Gasteiger partial charge in [0.05, 0.1) is 10.7 Å². The van der Waals surface area contributed by atoms with Crippen molar-refractivity contribution in [3.63, 3.8) is 0 Å². The minimum Gasteiger partial charge on any atom is -0.380 e. The van der Waals surface area contributed by atoms with E-state index in [0.29, 0.717) is 22.0 Å². The van der Waals surface area contributed by atoms with Gasteiger partial charge in [0.2, 0.25) is 0 Å². The summed E-state index contributed by atoms with van der Waals surface area (Å²) in [5.74, 6) is 0.238. The molecule has 1 saturated carbocycles. The molecule has 7 nitrogen and oxygen atoms in total. The first-order valence-electron chi connectivity index (χ1n) is 6.96. The summed E-state index contributed by atoms with van der Waals surface area (Å²) >= 11 is 6.25. The lowest BCUT2D eigenvalue weighted by Crippen LogP contribution is -2.14. The maximum atomic E-state index is 12.1. The number of amidine groups is 1. The van der Waals surface area contributed by atoms with Crippen LogP contribution in [0, 0.1) is 11.4 Å². The van der Waals surface area contributed by atoms with Crippen LogP contribution in [0.5, 0.6) is 0 Å². The molecule has 8 heteroatoms. The van der Waals surface area contributed by atoms with Gasteiger partial charge in [-0.3, -0.25) is 4.79 Å². The van der Waals surface area contributed by atoms with Crippen LogP contribution in [-0.4, -0.2) is 21.6 Å². The number of hydrogen-bond acceptors (Lipinski definition) is 5. The Morgan fingerprint density at radius 1 is 1.30 bits per heavy atom. The Morgan fingerprint density at radius 2 is 2.09 bits per heavy atom. The number of aromatic nitrogens is 2. The molecule has 23 heavy (non-hydrogen) atoms. The smallest absolute Gasteiger partial charge is 0.173 e. The van der Waals surface area contributed by atoms with Crippen molar-refractivity contribution in [1.29, 1.82) is 5.53 Å². The summed E-state index contributed by atoms with van der Waals surface area (Å²) in [5.41, 5.74) is 14.6. The van der Waals surface area contributed by atoms with E-state index in [0.717, 1.165) is 18.4 Å². The zero-order chi connectivity index (χ0) is 16.4. The molecule has 3 rings (SSSR count). The van der Waals surface area contributed by atoms with E-state index >= 15 is 0 Å². The lowest BCUT2D eigenvalue weighted by molar-refractivity contribution is 0.0968. The summed E-state index contributed by atoms with van der Waals surface area (Å²) in [6.07, 6.45) is 3.21. The molecule has 1 heterocycles. The number of hydrogen-bond donors (Lipinski definition) is 2. The van der Waals surface area contributed by atoms with Crippen LogP contribution in [0.4, 0.5) is 0 Å². The molecule has 0 spiro atoms. The van der Waals surface area contributed by atoms with Crippen molar-refractivity contribution < 1.29 is 4.79 Å². The summed E-state index contributed by atoms with van der Waals surface area (Å²) in [7, 11) is 0. The van der Waals surface area contributed by atoms with Gasteiger partial charge in [-0.15, -0.1) is 5.10 Å². The van der Waals surface area contributed by atoms with E-state index in [1.807, 2.05) is 0 Å². The normalized spacial score (nSPS) is 14.6. The van der Waals surface area contributed by atoms with Crippen molar-refractivity contribution in [3.05, 3.63) is 46.9 Å². The third kappa shape index (κ3) is 3.24. The molecular formula is C15H13ClN6O. The average molecular weight is 329 g/mol. The molecule has 0 amide bonds. The molecule has 0 atom stereocenters. The maximum Gasteiger partial charge on any atom is 0.173 e. The highest BCUT2D eigenvalue weighted by Crippen LogP contribution is 2.35. The standard InChI is InChI=1S/C15H13ClN6O/c16-11-5-9(3-4-10(11)14(23)8-1-2-8)12-6-13(20-7-19-12)15(17)21-22-18/h3-8H,1-2H2,(H3,17,18,21). The predicted octanol–water partition coefficient (Wildman–Crippen LogP) is 3.04. The van der Waals surface area contributed by atoms with Crippen LogP contribution in [0.15, 0.2) is 40.9 Å². The molecular weight excluding hydrogens is 316 g/mol. The van der Waals surface area contributed by atoms with Crippen molar-refractivity contribution in [2.75, 3.05) is 0 Å². The molecule has 116 valence electrons. The number of carbonyl (C=O) groups is 1. The summed E-state index contributed by atoms with van der Waals surface area (Å²) in [4.78, 5) is 20.3. The van der Waals surface area contributed by atoms with Gasteiger partial charge < -0.3 is 5.73 Å². The lowest BCUT2D eigenvalue weighted by atomic mass is 10.0. The molecule has 0 aliphatic heterocycles. The summed E-state index contributed by atoms with van der Waals surface area (Å²) in [6, 6.07) is 6.83. The third-order valence-electron chi connectivity index (χ3n) is 3.57. The van der Waals surface area contributed by atoms with Crippen LogP contribution in [0.2, 0.25) is 5.02 Å². The topological polar surface area (TPSA) is 117 Å². The molecule has 3 N–H and O–H groups in total. The highest BCUT2D eigenvalue weighted by Gasteiger charge is 2.31. The van der Waals surface area contributed by atoms with Gasteiger partial charge in [-0.25, -0.2) is 9.97 Å². The van der Waals surface area contributed by atoms with Gasteiger partial charge in [0.25, 0.3) is 0 Å². The number of nitrogens with two attached hydrogens (primary N) is 1. The fourth-order valence-corrected chi connectivity index (χ4v) is 2.47. The summed E-state index contributed by atoms with van der Waals surface area (Å²) in [6.45, 7) is 0. The van der Waals surface area contributed by atoms with Gasteiger partial charge >= 0.3 is 0 Å². The van der Waals surface area contributed by atoms with Gasteiger partial charge in [0.15, 0.2) is 11.6 Å². The van der Waals surface area contributed by atoms with Gasteiger partial charge in [-0.05, 0) is 31.0 Å². The number of benzene rings is 1. The molecule has 1 aliphatic carbocycles. The van der Waals surface area contributed by atoms with Crippen molar-refractivity contribution in [3.8, 4) is 11.3 Å². The van der Waals surface area contributed by atoms with Crippen LogP contribution >= 0.6 is 11.6 Å². The largest absolute Gasteiger partial charge is 0.380 e. The Bertz CT molecular complexity index is 815. The van der Waals surface area contributed by atoms with E-state index in [1.54, 1.807) is 24.3 Å². The number of Topliss-reactive ketones (excluding diaryl/α,β-unsaturated/α-hetero) is 1. The van der Waals surface area contributed by atoms with Crippen LogP contribution < -0.4 is 5.73 Å². The SMILES string of the molecule is N=NN=C(N)c1cc(-c2ccc(C(=O)C3CC3)c(Cl)c2)ncn1. The third-order valence-corrected chi connectivity index (χ3v) is 3.88. The molecule has 1 aromatic heterocycles. The summed E-state index contributed by atoms with van der Waals surface area (Å²) < 4.78 is 0. The minimum atomic E-state index is 0.0234. The Labute approximate surface area is 137 Å². The number of nitrogens with zero attached hydrogens (tertiary/aromatic N) is 4. The van der Waals surface area contributed by atoms with Gasteiger partial charge in [-0.1, -0.05) is 22.9 Å². The average Bonchev–Trinajstić information content (AvgIpc) is 3.39. The highest BCUT2D eigenvalue weighted by atomic mass is 35.5. The first-order valence-corrected chi connectivity index (χ1v) is 7.34. The first kappa shape index (κ1) is 15.2. The van der Waals surface area contributed by atoms with Crippen molar-refractivity contribution in [2.24, 2.45) is 22.0 Å². The van der Waals surface area contributed by atoms with Crippen molar-refractivity contribution in [1.82, 2.24) is 9.97 Å². The van der Waals surface area contributed by atoms with Crippen molar-refractivity contribution in [2.45, 2.75) is 12.8 Å². The number of carbonyl (C=O) groups excluding carboxylic acids is 1. The second-order valence-electron chi connectivity index (χ2n) is 5.21. The molecule has 0 unspecified atom stereocenters. The number of rotatable bonds is 5. The van der Waals surface area contributed by atoms with Crippen LogP contribution in [-0.2, 0) is 0 Å². The first-order chi connectivity index (χ1) is 11.1. The van der Waals surface area contributed by atoms with Gasteiger partial charge in [0.1, 0.15) is 12.0 Å². The Balaban J connectivity index is 1.94. The number of nitrogens with one attached hydrogen (secondary N) is 1. The van der Waals surface area contributed by atoms with Crippen LogP contribution in [0.25, 0.3) is 11.3 Å². The Morgan fingerprint density at radius 3 is 2.74 bits per heavy atom. The predicted molar refractivity (Wildman–Crippen MR) is 85.4 cm³/mol. The molecule has 2 aromatic rings. The van der Waals surface area contributed by atoms with Crippen LogP contribution in [0.1, 0.15) is 28.9 Å². The maximum absolute atomic E-state index is 12.1. The fraction of sp³-hybridized carbons (Fsp3) is 0.200. The monoisotopic (exact) mass is 328 g/mol. The highest BCUT2D eigenvalue weighted by molar-refractivity contribution is 6.34. The minimum absolute atomic E-state index is 0.0234. The molecule has 1 aliphatic rings. The van der Waals surface area contributed by atoms with E-state index in [1.165, 1.54) is 6.33 Å². The molecule has 0 saturated heterocycles. The quantitative estimate of drug-likeness (QED) is 0.288.